The molecule has 2 heteroatoms. The van der Waals surface area contributed by atoms with Crippen molar-refractivity contribution in [2.24, 2.45) is 5.92 Å². The fourth-order valence-electron chi connectivity index (χ4n) is 1.67. The Bertz CT molecular complexity index is 213. The minimum absolute atomic E-state index is 0.0529. The summed E-state index contributed by atoms with van der Waals surface area (Å²) in [5.41, 5.74) is 0. The van der Waals surface area contributed by atoms with Crippen LogP contribution in [0.1, 0.15) is 52.4 Å². The fourth-order valence-corrected chi connectivity index (χ4v) is 1.89. The van der Waals surface area contributed by atoms with Crippen LogP contribution in [0.3, 0.4) is 0 Å². The SMILES string of the molecule is C/C=C\CCCC(CCC/C=C/C)C(=O)Cl. The van der Waals surface area contributed by atoms with Gasteiger partial charge in [-0.25, -0.2) is 0 Å². The Hall–Kier alpha value is -0.560. The third kappa shape index (κ3) is 8.72. The van der Waals surface area contributed by atoms with Crippen molar-refractivity contribution in [3.63, 3.8) is 0 Å². The van der Waals surface area contributed by atoms with Crippen molar-refractivity contribution in [2.45, 2.75) is 52.4 Å². The van der Waals surface area contributed by atoms with Crippen molar-refractivity contribution in [1.82, 2.24) is 0 Å². The number of hydrogen-bond acceptors (Lipinski definition) is 1. The van der Waals surface area contributed by atoms with Gasteiger partial charge in [-0.05, 0) is 64.0 Å². The third-order valence-corrected chi connectivity index (χ3v) is 2.95. The van der Waals surface area contributed by atoms with Crippen LogP contribution >= 0.6 is 11.6 Å². The van der Waals surface area contributed by atoms with Crippen LogP contribution in [0, 0.1) is 5.92 Å². The molecule has 16 heavy (non-hydrogen) atoms. The lowest BCUT2D eigenvalue weighted by Gasteiger charge is -2.10. The second-order valence-corrected chi connectivity index (χ2v) is 4.37. The summed E-state index contributed by atoms with van der Waals surface area (Å²) >= 11 is 5.59. The molecule has 0 fully saturated rings. The molecule has 0 heterocycles. The summed E-state index contributed by atoms with van der Waals surface area (Å²) in [6, 6.07) is 0. The molecule has 0 aromatic heterocycles. The molecule has 1 nitrogen and oxygen atoms in total. The molecule has 0 spiro atoms. The van der Waals surface area contributed by atoms with Crippen LogP contribution in [-0.4, -0.2) is 5.24 Å². The number of carbonyl (C=O) groups excluding carboxylic acids is 1. The predicted molar refractivity (Wildman–Crippen MR) is 71.7 cm³/mol. The van der Waals surface area contributed by atoms with Gasteiger partial charge in [0.05, 0.1) is 0 Å². The van der Waals surface area contributed by atoms with E-state index in [1.165, 1.54) is 0 Å². The molecule has 0 aliphatic carbocycles. The van der Waals surface area contributed by atoms with Gasteiger partial charge in [0.1, 0.15) is 0 Å². The van der Waals surface area contributed by atoms with Gasteiger partial charge in [-0.2, -0.15) is 0 Å². The molecule has 0 aromatic carbocycles. The second-order valence-electron chi connectivity index (χ2n) is 4.00. The molecule has 0 saturated carbocycles. The van der Waals surface area contributed by atoms with Crippen LogP contribution in [-0.2, 0) is 4.79 Å². The summed E-state index contributed by atoms with van der Waals surface area (Å²) in [4.78, 5) is 11.2. The van der Waals surface area contributed by atoms with E-state index in [2.05, 4.69) is 12.2 Å². The number of carbonyl (C=O) groups is 1. The molecule has 0 radical (unpaired) electrons. The maximum atomic E-state index is 11.2. The third-order valence-electron chi connectivity index (χ3n) is 2.64. The molecule has 92 valence electrons. The fraction of sp³-hybridized carbons (Fsp3) is 0.643. The number of halogens is 1. The molecule has 0 saturated heterocycles. The maximum absolute atomic E-state index is 11.2. The van der Waals surface area contributed by atoms with Gasteiger partial charge in [-0.3, -0.25) is 4.79 Å². The lowest BCUT2D eigenvalue weighted by molar-refractivity contribution is -0.115. The average Bonchev–Trinajstić information content (AvgIpc) is 2.26. The van der Waals surface area contributed by atoms with Gasteiger partial charge < -0.3 is 0 Å². The Balaban J connectivity index is 3.75. The minimum atomic E-state index is -0.166. The molecule has 0 aromatic rings. The van der Waals surface area contributed by atoms with Crippen molar-refractivity contribution in [2.75, 3.05) is 0 Å². The van der Waals surface area contributed by atoms with Crippen LogP contribution < -0.4 is 0 Å². The summed E-state index contributed by atoms with van der Waals surface area (Å²) < 4.78 is 0. The second kappa shape index (κ2) is 10.9. The summed E-state index contributed by atoms with van der Waals surface area (Å²) in [6.07, 6.45) is 14.4. The van der Waals surface area contributed by atoms with E-state index >= 15 is 0 Å². The van der Waals surface area contributed by atoms with E-state index < -0.39 is 0 Å². The largest absolute Gasteiger partial charge is 0.281 e. The lowest BCUT2D eigenvalue weighted by Crippen LogP contribution is -2.08. The molecular weight excluding hydrogens is 220 g/mol. The highest BCUT2D eigenvalue weighted by Crippen LogP contribution is 2.19. The Morgan fingerprint density at radius 3 is 1.81 bits per heavy atom. The number of allylic oxidation sites excluding steroid dienone is 4. The van der Waals surface area contributed by atoms with Crippen LogP contribution in [0.15, 0.2) is 24.3 Å². The highest BCUT2D eigenvalue weighted by atomic mass is 35.5. The van der Waals surface area contributed by atoms with Gasteiger partial charge >= 0.3 is 0 Å². The quantitative estimate of drug-likeness (QED) is 0.321. The Morgan fingerprint density at radius 1 is 1.06 bits per heavy atom. The number of unbranched alkanes of at least 4 members (excludes halogenated alkanes) is 2. The average molecular weight is 243 g/mol. The Kier molecular flexibility index (Phi) is 10.6. The number of hydrogen-bond donors (Lipinski definition) is 0. The first-order valence-corrected chi connectivity index (χ1v) is 6.51. The van der Waals surface area contributed by atoms with E-state index in [1.807, 2.05) is 26.0 Å². The summed E-state index contributed by atoms with van der Waals surface area (Å²) in [6.45, 7) is 4.03. The van der Waals surface area contributed by atoms with E-state index in [0.717, 1.165) is 38.5 Å². The molecule has 1 atom stereocenters. The zero-order valence-corrected chi connectivity index (χ0v) is 11.2. The zero-order valence-electron chi connectivity index (χ0n) is 10.4. The lowest BCUT2D eigenvalue weighted by atomic mass is 9.97. The zero-order chi connectivity index (χ0) is 12.2. The van der Waals surface area contributed by atoms with Gasteiger partial charge in [0.25, 0.3) is 0 Å². The Morgan fingerprint density at radius 2 is 1.50 bits per heavy atom. The van der Waals surface area contributed by atoms with Gasteiger partial charge in [0, 0.05) is 5.92 Å². The summed E-state index contributed by atoms with van der Waals surface area (Å²) in [7, 11) is 0. The van der Waals surface area contributed by atoms with Gasteiger partial charge in [0.2, 0.25) is 5.24 Å². The first-order chi connectivity index (χ1) is 7.72. The van der Waals surface area contributed by atoms with Crippen LogP contribution in [0.2, 0.25) is 0 Å². The van der Waals surface area contributed by atoms with Crippen molar-refractivity contribution < 1.29 is 4.79 Å². The normalized spacial score (nSPS) is 13.7. The highest BCUT2D eigenvalue weighted by molar-refractivity contribution is 6.63. The van der Waals surface area contributed by atoms with Gasteiger partial charge in [-0.1, -0.05) is 24.3 Å². The van der Waals surface area contributed by atoms with E-state index in [-0.39, 0.29) is 11.2 Å². The first-order valence-electron chi connectivity index (χ1n) is 6.14. The highest BCUT2D eigenvalue weighted by Gasteiger charge is 2.14. The predicted octanol–water partition coefficient (Wildman–Crippen LogP) is 4.86. The van der Waals surface area contributed by atoms with Crippen molar-refractivity contribution in [3.8, 4) is 0 Å². The molecule has 0 amide bonds. The standard InChI is InChI=1S/C14H23ClO/c1-3-5-7-9-11-13(14(15)16)12-10-8-6-4-2/h3-6,13H,7-12H2,1-2H3/b5-3-,6-4+. The van der Waals surface area contributed by atoms with E-state index in [1.54, 1.807) is 0 Å². The van der Waals surface area contributed by atoms with Gasteiger partial charge in [-0.15, -0.1) is 0 Å². The molecule has 0 rings (SSSR count). The van der Waals surface area contributed by atoms with Crippen molar-refractivity contribution in [3.05, 3.63) is 24.3 Å². The molecule has 0 aliphatic rings. The monoisotopic (exact) mass is 242 g/mol. The summed E-state index contributed by atoms with van der Waals surface area (Å²) in [5.74, 6) is 0.0529. The van der Waals surface area contributed by atoms with E-state index in [9.17, 15) is 4.79 Å². The first kappa shape index (κ1) is 15.4. The minimum Gasteiger partial charge on any atom is -0.281 e. The topological polar surface area (TPSA) is 17.1 Å². The molecular formula is C14H23ClO. The van der Waals surface area contributed by atoms with Crippen molar-refractivity contribution >= 4 is 16.8 Å². The summed E-state index contributed by atoms with van der Waals surface area (Å²) in [5, 5.41) is -0.166. The van der Waals surface area contributed by atoms with Crippen LogP contribution in [0.5, 0.6) is 0 Å². The molecule has 0 bridgehead atoms. The molecule has 0 N–H and O–H groups in total. The van der Waals surface area contributed by atoms with Crippen molar-refractivity contribution in [1.29, 1.82) is 0 Å². The van der Waals surface area contributed by atoms with E-state index in [4.69, 9.17) is 11.6 Å². The maximum Gasteiger partial charge on any atom is 0.224 e. The van der Waals surface area contributed by atoms with E-state index in [0.29, 0.717) is 0 Å². The van der Waals surface area contributed by atoms with Crippen LogP contribution in [0.4, 0.5) is 0 Å². The Labute approximate surface area is 105 Å². The van der Waals surface area contributed by atoms with Crippen LogP contribution in [0.25, 0.3) is 0 Å². The van der Waals surface area contributed by atoms with Gasteiger partial charge in [0.15, 0.2) is 0 Å². The molecule has 1 unspecified atom stereocenters. The molecule has 0 aliphatic heterocycles. The number of rotatable bonds is 9. The smallest absolute Gasteiger partial charge is 0.224 e.